The van der Waals surface area contributed by atoms with Crippen LogP contribution in [0.3, 0.4) is 0 Å². The number of nitrogens with one attached hydrogen (secondary N) is 1. The van der Waals surface area contributed by atoms with Crippen molar-refractivity contribution in [2.75, 3.05) is 26.9 Å². The molecule has 0 spiro atoms. The lowest BCUT2D eigenvalue weighted by Gasteiger charge is -2.08. The van der Waals surface area contributed by atoms with Crippen molar-refractivity contribution in [3.63, 3.8) is 0 Å². The lowest BCUT2D eigenvalue weighted by atomic mass is 10.1. The number of benzene rings is 1. The summed E-state index contributed by atoms with van der Waals surface area (Å²) in [5, 5.41) is 3.47. The molecular weight excluding hydrogens is 338 g/mol. The first kappa shape index (κ1) is 19.9. The molecule has 142 valence electrons. The number of para-hydroxylation sites is 1. The average Bonchev–Trinajstić information content (AvgIpc) is 2.98. The monoisotopic (exact) mass is 363 g/mol. The number of hydrogen-bond donors (Lipinski definition) is 1. The summed E-state index contributed by atoms with van der Waals surface area (Å²) in [6, 6.07) is 7.27. The van der Waals surface area contributed by atoms with Crippen LogP contribution in [-0.4, -0.2) is 44.8 Å². The largest absolute Gasteiger partial charge is 0.450 e. The molecule has 1 aromatic carbocycles. The molecular formula is C19H25NO6. The number of carbonyl (C=O) groups is 2. The fraction of sp³-hybridized carbons (Fsp3) is 0.474. The molecule has 1 aromatic heterocycles. The van der Waals surface area contributed by atoms with Crippen molar-refractivity contribution in [2.45, 2.75) is 33.0 Å². The minimum absolute atomic E-state index is 0.0613. The maximum atomic E-state index is 12.3. The van der Waals surface area contributed by atoms with E-state index in [9.17, 15) is 9.59 Å². The van der Waals surface area contributed by atoms with Crippen LogP contribution in [0, 0.1) is 0 Å². The first-order chi connectivity index (χ1) is 12.5. The third-order valence-electron chi connectivity index (χ3n) is 3.60. The molecule has 0 fully saturated rings. The zero-order chi connectivity index (χ0) is 18.9. The van der Waals surface area contributed by atoms with Gasteiger partial charge in [0.1, 0.15) is 5.58 Å². The summed E-state index contributed by atoms with van der Waals surface area (Å²) in [4.78, 5) is 24.1. The van der Waals surface area contributed by atoms with E-state index in [1.165, 1.54) is 7.11 Å². The summed E-state index contributed by atoms with van der Waals surface area (Å²) in [6.07, 6.45) is 0.858. The van der Waals surface area contributed by atoms with Gasteiger partial charge in [-0.05, 0) is 26.3 Å². The topological polar surface area (TPSA) is 87.0 Å². The Labute approximate surface area is 152 Å². The normalized spacial score (nSPS) is 11.1. The minimum Gasteiger partial charge on any atom is -0.450 e. The number of ether oxygens (including phenoxy) is 3. The highest BCUT2D eigenvalue weighted by Crippen LogP contribution is 2.27. The van der Waals surface area contributed by atoms with Crippen LogP contribution in [0.5, 0.6) is 0 Å². The van der Waals surface area contributed by atoms with E-state index in [0.717, 1.165) is 5.39 Å². The van der Waals surface area contributed by atoms with Gasteiger partial charge in [-0.1, -0.05) is 18.2 Å². The van der Waals surface area contributed by atoms with Crippen molar-refractivity contribution in [3.8, 4) is 0 Å². The van der Waals surface area contributed by atoms with E-state index in [1.807, 2.05) is 32.0 Å². The smallest absolute Gasteiger partial charge is 0.375 e. The summed E-state index contributed by atoms with van der Waals surface area (Å²) in [5.41, 5.74) is 1.18. The second-order valence-electron chi connectivity index (χ2n) is 6.04. The number of esters is 1. The summed E-state index contributed by atoms with van der Waals surface area (Å²) in [6.45, 7) is 4.78. The molecule has 0 unspecified atom stereocenters. The maximum Gasteiger partial charge on any atom is 0.375 e. The molecule has 1 amide bonds. The number of fused-ring (bicyclic) bond motifs is 1. The number of methoxy groups -OCH3 is 1. The molecule has 2 aromatic rings. The molecule has 0 bridgehead atoms. The summed E-state index contributed by atoms with van der Waals surface area (Å²) < 4.78 is 21.2. The SMILES string of the molecule is COCc1c(C(=O)OCC(=O)NCCCOC(C)C)oc2ccccc12. The predicted octanol–water partition coefficient (Wildman–Crippen LogP) is 2.67. The highest BCUT2D eigenvalue weighted by molar-refractivity contribution is 5.96. The molecule has 1 heterocycles. The number of furan rings is 1. The van der Waals surface area contributed by atoms with E-state index in [0.29, 0.717) is 30.7 Å². The predicted molar refractivity (Wildman–Crippen MR) is 95.9 cm³/mol. The van der Waals surface area contributed by atoms with Crippen molar-refractivity contribution in [2.24, 2.45) is 0 Å². The summed E-state index contributed by atoms with van der Waals surface area (Å²) >= 11 is 0. The molecule has 0 saturated heterocycles. The molecule has 1 N–H and O–H groups in total. The van der Waals surface area contributed by atoms with Crippen molar-refractivity contribution >= 4 is 22.8 Å². The van der Waals surface area contributed by atoms with E-state index < -0.39 is 5.97 Å². The molecule has 26 heavy (non-hydrogen) atoms. The lowest BCUT2D eigenvalue weighted by molar-refractivity contribution is -0.124. The van der Waals surface area contributed by atoms with Crippen LogP contribution in [0.2, 0.25) is 0 Å². The number of carbonyl (C=O) groups excluding carboxylic acids is 2. The van der Waals surface area contributed by atoms with Crippen LogP contribution in [0.25, 0.3) is 11.0 Å². The van der Waals surface area contributed by atoms with Crippen LogP contribution < -0.4 is 5.32 Å². The van der Waals surface area contributed by atoms with Crippen LogP contribution in [0.4, 0.5) is 0 Å². The van der Waals surface area contributed by atoms with Crippen molar-refractivity contribution < 1.29 is 28.2 Å². The van der Waals surface area contributed by atoms with Crippen LogP contribution in [0.1, 0.15) is 36.4 Å². The van der Waals surface area contributed by atoms with Gasteiger partial charge in [0.05, 0.1) is 12.7 Å². The minimum atomic E-state index is -0.688. The first-order valence-corrected chi connectivity index (χ1v) is 8.57. The van der Waals surface area contributed by atoms with Gasteiger partial charge >= 0.3 is 5.97 Å². The van der Waals surface area contributed by atoms with Crippen LogP contribution >= 0.6 is 0 Å². The summed E-state index contributed by atoms with van der Waals surface area (Å²) in [7, 11) is 1.54. The quantitative estimate of drug-likeness (QED) is 0.516. The van der Waals surface area contributed by atoms with Gasteiger partial charge < -0.3 is 23.9 Å². The zero-order valence-electron chi connectivity index (χ0n) is 15.4. The molecule has 0 aliphatic heterocycles. The van der Waals surface area contributed by atoms with Gasteiger partial charge in [0.2, 0.25) is 5.76 Å². The van der Waals surface area contributed by atoms with Gasteiger partial charge in [-0.3, -0.25) is 4.79 Å². The second kappa shape index (κ2) is 9.94. The Balaban J connectivity index is 1.87. The molecule has 7 nitrogen and oxygen atoms in total. The Hall–Kier alpha value is -2.38. The molecule has 0 radical (unpaired) electrons. The number of rotatable bonds is 10. The van der Waals surface area contributed by atoms with E-state index in [1.54, 1.807) is 6.07 Å². The third-order valence-corrected chi connectivity index (χ3v) is 3.60. The molecule has 0 saturated carbocycles. The lowest BCUT2D eigenvalue weighted by Crippen LogP contribution is -2.30. The molecule has 0 aliphatic rings. The Morgan fingerprint density at radius 3 is 2.73 bits per heavy atom. The van der Waals surface area contributed by atoms with Crippen molar-refractivity contribution in [1.82, 2.24) is 5.32 Å². The fourth-order valence-electron chi connectivity index (χ4n) is 2.42. The number of hydrogen-bond acceptors (Lipinski definition) is 6. The van der Waals surface area contributed by atoms with E-state index in [-0.39, 0.29) is 31.0 Å². The van der Waals surface area contributed by atoms with Gasteiger partial charge in [-0.15, -0.1) is 0 Å². The molecule has 0 aliphatic carbocycles. The van der Waals surface area contributed by atoms with Gasteiger partial charge in [0.15, 0.2) is 6.61 Å². The second-order valence-corrected chi connectivity index (χ2v) is 6.04. The Bertz CT molecular complexity index is 737. The van der Waals surface area contributed by atoms with E-state index >= 15 is 0 Å². The van der Waals surface area contributed by atoms with Gasteiger partial charge in [0, 0.05) is 31.2 Å². The Morgan fingerprint density at radius 2 is 2.00 bits per heavy atom. The van der Waals surface area contributed by atoms with Gasteiger partial charge in [-0.2, -0.15) is 0 Å². The molecule has 7 heteroatoms. The maximum absolute atomic E-state index is 12.3. The van der Waals surface area contributed by atoms with Crippen LogP contribution in [-0.2, 0) is 25.6 Å². The first-order valence-electron chi connectivity index (χ1n) is 8.57. The summed E-state index contributed by atoms with van der Waals surface area (Å²) in [5.74, 6) is -0.995. The van der Waals surface area contributed by atoms with Crippen molar-refractivity contribution in [1.29, 1.82) is 0 Å². The average molecular weight is 363 g/mol. The standard InChI is InChI=1S/C19H25NO6/c1-13(2)24-10-6-9-20-17(21)12-25-19(22)18-15(11-23-3)14-7-4-5-8-16(14)26-18/h4-5,7-8,13H,6,9-12H2,1-3H3,(H,20,21). The fourth-order valence-corrected chi connectivity index (χ4v) is 2.42. The number of amides is 1. The Morgan fingerprint density at radius 1 is 1.23 bits per heavy atom. The molecule has 0 atom stereocenters. The van der Waals surface area contributed by atoms with Gasteiger partial charge in [0.25, 0.3) is 5.91 Å². The highest BCUT2D eigenvalue weighted by Gasteiger charge is 2.22. The molecule has 2 rings (SSSR count). The van der Waals surface area contributed by atoms with Crippen molar-refractivity contribution in [3.05, 3.63) is 35.6 Å². The highest BCUT2D eigenvalue weighted by atomic mass is 16.5. The van der Waals surface area contributed by atoms with Crippen LogP contribution in [0.15, 0.2) is 28.7 Å². The van der Waals surface area contributed by atoms with E-state index in [2.05, 4.69) is 5.32 Å². The Kier molecular flexibility index (Phi) is 7.62. The zero-order valence-corrected chi connectivity index (χ0v) is 15.4. The van der Waals surface area contributed by atoms with Gasteiger partial charge in [-0.25, -0.2) is 4.79 Å². The third kappa shape index (κ3) is 5.57. The van der Waals surface area contributed by atoms with E-state index in [4.69, 9.17) is 18.6 Å².